The Morgan fingerprint density at radius 3 is 2.12 bits per heavy atom. The number of halogens is 3. The van der Waals surface area contributed by atoms with Crippen LogP contribution in [0, 0.1) is 11.3 Å². The van der Waals surface area contributed by atoms with Crippen molar-refractivity contribution in [3.8, 4) is 22.9 Å². The number of ether oxygens (including phenoxy) is 1. The summed E-state index contributed by atoms with van der Waals surface area (Å²) >= 11 is 0. The smallest absolute Gasteiger partial charge is 0.417 e. The Hall–Kier alpha value is -5.34. The number of alkyl halides is 3. The molecule has 0 saturated carbocycles. The molecule has 5 rings (SSSR count). The first kappa shape index (κ1) is 44.8. The maximum atomic E-state index is 14.8. The first-order chi connectivity index (χ1) is 28.3. The number of benzene rings is 2. The van der Waals surface area contributed by atoms with E-state index in [0.717, 1.165) is 24.5 Å². The Bertz CT molecular complexity index is 1950. The van der Waals surface area contributed by atoms with E-state index in [9.17, 15) is 48.1 Å². The van der Waals surface area contributed by atoms with Gasteiger partial charge in [0, 0.05) is 63.1 Å². The molecule has 59 heavy (non-hydrogen) atoms. The zero-order valence-electron chi connectivity index (χ0n) is 32.9. The zero-order valence-corrected chi connectivity index (χ0v) is 32.9. The summed E-state index contributed by atoms with van der Waals surface area (Å²) in [4.78, 5) is 46.7. The summed E-state index contributed by atoms with van der Waals surface area (Å²) < 4.78 is 50.5. The van der Waals surface area contributed by atoms with E-state index in [-0.39, 0.29) is 54.4 Å². The molecule has 1 aromatic heterocycles. The molecule has 2 saturated heterocycles. The topological polar surface area (TPSA) is 171 Å². The fraction of sp³-hybridized carbons (Fsp3) is 0.465. The number of carbonyl (C=O) groups is 3. The standard InChI is InChI=1S/C43H51F3N6O7/c44-43(45,46)36-25-33(28-52-17-7-5-11-38(52)42(57)58)39(26-32(36)12-13-37-35(27-47)34(14-15-48-37)31-9-3-1-4-10-31)59-24-8-2-6-16-49-18-20-50(29-40(53)54)22-23-51(21-19-49)30-41(55)56/h1,3-4,9-10,12-15,25-26,38H,2,5-8,11,16-24,28-30H2,(H,53,54)(H,55,56)(H,57,58)/b13-12+/t38-/m0/s1. The summed E-state index contributed by atoms with van der Waals surface area (Å²) in [6.45, 7) is 4.13. The number of aliphatic carboxylic acids is 3. The third-order valence-electron chi connectivity index (χ3n) is 10.7. The van der Waals surface area contributed by atoms with Crippen LogP contribution >= 0.6 is 0 Å². The number of nitriles is 1. The van der Waals surface area contributed by atoms with Gasteiger partial charge in [0.05, 0.1) is 36.5 Å². The van der Waals surface area contributed by atoms with Gasteiger partial charge in [0.25, 0.3) is 0 Å². The van der Waals surface area contributed by atoms with Crippen LogP contribution < -0.4 is 4.74 Å². The lowest BCUT2D eigenvalue weighted by Crippen LogP contribution is -2.44. The third-order valence-corrected chi connectivity index (χ3v) is 10.7. The van der Waals surface area contributed by atoms with Gasteiger partial charge in [0.2, 0.25) is 0 Å². The Balaban J connectivity index is 1.34. The van der Waals surface area contributed by atoms with Gasteiger partial charge in [-0.2, -0.15) is 18.4 Å². The number of hydrogen-bond acceptors (Lipinski definition) is 10. The van der Waals surface area contributed by atoms with Crippen molar-refractivity contribution >= 4 is 30.1 Å². The number of hydrogen-bond donors (Lipinski definition) is 3. The molecule has 16 heteroatoms. The quantitative estimate of drug-likeness (QED) is 0.138. The number of aromatic nitrogens is 1. The van der Waals surface area contributed by atoms with Crippen LogP contribution in [0.25, 0.3) is 23.3 Å². The van der Waals surface area contributed by atoms with Crippen LogP contribution in [-0.4, -0.2) is 136 Å². The maximum Gasteiger partial charge on any atom is 0.417 e. The molecule has 3 N–H and O–H groups in total. The Labute approximate surface area is 341 Å². The van der Waals surface area contributed by atoms with Gasteiger partial charge in [-0.3, -0.25) is 34.1 Å². The fourth-order valence-electron chi connectivity index (χ4n) is 7.61. The van der Waals surface area contributed by atoms with E-state index in [1.165, 1.54) is 24.4 Å². The van der Waals surface area contributed by atoms with E-state index >= 15 is 0 Å². The van der Waals surface area contributed by atoms with Crippen molar-refractivity contribution in [3.63, 3.8) is 0 Å². The first-order valence-corrected chi connectivity index (χ1v) is 19.9. The highest BCUT2D eigenvalue weighted by Gasteiger charge is 2.35. The predicted octanol–water partition coefficient (Wildman–Crippen LogP) is 5.89. The summed E-state index contributed by atoms with van der Waals surface area (Å²) in [7, 11) is 0. The minimum atomic E-state index is -4.76. The average Bonchev–Trinajstić information content (AvgIpc) is 3.29. The number of pyridine rings is 1. The van der Waals surface area contributed by atoms with E-state index < -0.39 is 35.7 Å². The van der Waals surface area contributed by atoms with Gasteiger partial charge in [0.15, 0.2) is 0 Å². The number of rotatable bonds is 17. The summed E-state index contributed by atoms with van der Waals surface area (Å²) in [5.41, 5.74) is 0.867. The van der Waals surface area contributed by atoms with Crippen LogP contribution in [0.15, 0.2) is 54.7 Å². The number of carboxylic acids is 3. The van der Waals surface area contributed by atoms with Crippen molar-refractivity contribution in [1.29, 1.82) is 5.26 Å². The molecule has 0 radical (unpaired) electrons. The normalized spacial score (nSPS) is 17.8. The van der Waals surface area contributed by atoms with E-state index in [1.54, 1.807) is 20.8 Å². The molecule has 2 fully saturated rings. The largest absolute Gasteiger partial charge is 0.493 e. The van der Waals surface area contributed by atoms with Crippen molar-refractivity contribution in [1.82, 2.24) is 24.6 Å². The molecule has 0 spiro atoms. The fourth-order valence-corrected chi connectivity index (χ4v) is 7.61. The number of nitrogens with zero attached hydrogens (tertiary/aromatic N) is 6. The Morgan fingerprint density at radius 1 is 0.847 bits per heavy atom. The average molecular weight is 821 g/mol. The molecule has 13 nitrogen and oxygen atoms in total. The molecule has 0 aliphatic carbocycles. The van der Waals surface area contributed by atoms with Gasteiger partial charge < -0.3 is 25.0 Å². The number of piperidine rings is 1. The lowest BCUT2D eigenvalue weighted by Gasteiger charge is -2.33. The van der Waals surface area contributed by atoms with E-state index in [0.29, 0.717) is 83.6 Å². The van der Waals surface area contributed by atoms with Gasteiger partial charge in [-0.15, -0.1) is 0 Å². The second-order valence-corrected chi connectivity index (χ2v) is 14.9. The first-order valence-electron chi connectivity index (χ1n) is 19.9. The molecule has 3 aromatic rings. The second kappa shape index (κ2) is 21.6. The van der Waals surface area contributed by atoms with Crippen molar-refractivity contribution in [2.24, 2.45) is 0 Å². The molecule has 2 aromatic carbocycles. The molecule has 3 heterocycles. The second-order valence-electron chi connectivity index (χ2n) is 14.9. The highest BCUT2D eigenvalue weighted by molar-refractivity contribution is 5.79. The lowest BCUT2D eigenvalue weighted by molar-refractivity contribution is -0.145. The molecule has 0 unspecified atom stereocenters. The SMILES string of the molecule is N#Cc1c(-c2ccccc2)ccnc1/C=C/c1cc(OCCCCCN2CCN(CC(=O)O)CCN(CC(=O)O)CC2)c(CN2CCCC[C@H]2C(=O)O)cc1C(F)(F)F. The molecule has 0 bridgehead atoms. The summed E-state index contributed by atoms with van der Waals surface area (Å²) in [5.74, 6) is -2.72. The monoisotopic (exact) mass is 820 g/mol. The highest BCUT2D eigenvalue weighted by atomic mass is 19.4. The van der Waals surface area contributed by atoms with Gasteiger partial charge >= 0.3 is 24.1 Å². The van der Waals surface area contributed by atoms with Crippen molar-refractivity contribution < 1.29 is 47.6 Å². The van der Waals surface area contributed by atoms with Crippen molar-refractivity contribution in [2.45, 2.75) is 57.3 Å². The number of likely N-dealkylation sites (tertiary alicyclic amines) is 1. The molecule has 316 valence electrons. The van der Waals surface area contributed by atoms with Gasteiger partial charge in [-0.1, -0.05) is 42.8 Å². The summed E-state index contributed by atoms with van der Waals surface area (Å²) in [5, 5.41) is 38.7. The molecule has 2 aliphatic rings. The predicted molar refractivity (Wildman–Crippen MR) is 214 cm³/mol. The van der Waals surface area contributed by atoms with Crippen molar-refractivity contribution in [2.75, 3.05) is 72.1 Å². The third kappa shape index (κ3) is 13.3. The summed E-state index contributed by atoms with van der Waals surface area (Å²) in [6.07, 6.45) is 3.24. The summed E-state index contributed by atoms with van der Waals surface area (Å²) in [6, 6.07) is 14.5. The zero-order chi connectivity index (χ0) is 42.4. The highest BCUT2D eigenvalue weighted by Crippen LogP contribution is 2.38. The van der Waals surface area contributed by atoms with Gasteiger partial charge in [0.1, 0.15) is 17.9 Å². The van der Waals surface area contributed by atoms with E-state index in [2.05, 4.69) is 16.0 Å². The maximum absolute atomic E-state index is 14.8. The molecular weight excluding hydrogens is 770 g/mol. The minimum Gasteiger partial charge on any atom is -0.493 e. The number of carboxylic acid groups (broad SMARTS) is 3. The van der Waals surface area contributed by atoms with Crippen molar-refractivity contribution in [3.05, 3.63) is 82.7 Å². The van der Waals surface area contributed by atoms with Gasteiger partial charge in [-0.05, 0) is 80.6 Å². The molecule has 0 amide bonds. The Kier molecular flexibility index (Phi) is 16.4. The van der Waals surface area contributed by atoms with Crippen LogP contribution in [-0.2, 0) is 27.1 Å². The Morgan fingerprint density at radius 2 is 1.51 bits per heavy atom. The molecule has 2 aliphatic heterocycles. The lowest BCUT2D eigenvalue weighted by atomic mass is 9.97. The van der Waals surface area contributed by atoms with Crippen LogP contribution in [0.2, 0.25) is 0 Å². The van der Waals surface area contributed by atoms with Crippen LogP contribution in [0.3, 0.4) is 0 Å². The van der Waals surface area contributed by atoms with Crippen LogP contribution in [0.1, 0.15) is 66.5 Å². The minimum absolute atomic E-state index is 0.0502. The molecule has 1 atom stereocenters. The molecular formula is C43H51F3N6O7. The van der Waals surface area contributed by atoms with Crippen LogP contribution in [0.4, 0.5) is 13.2 Å². The van der Waals surface area contributed by atoms with Crippen LogP contribution in [0.5, 0.6) is 5.75 Å². The van der Waals surface area contributed by atoms with E-state index in [4.69, 9.17) is 4.74 Å². The van der Waals surface area contributed by atoms with Gasteiger partial charge in [-0.25, -0.2) is 0 Å². The number of unbranched alkanes of at least 4 members (excludes halogenated alkanes) is 2. The van der Waals surface area contributed by atoms with E-state index in [1.807, 2.05) is 30.3 Å².